The minimum absolute atomic E-state index is 0.219. The molecule has 0 amide bonds. The van der Waals surface area contributed by atoms with Crippen molar-refractivity contribution in [3.05, 3.63) is 24.0 Å². The SMILES string of the molecule is COc1ccc(F)c(NC2CCCNCC2)c1. The Balaban J connectivity index is 2.05. The number of anilines is 1. The van der Waals surface area contributed by atoms with Gasteiger partial charge in [0.15, 0.2) is 0 Å². The van der Waals surface area contributed by atoms with Crippen LogP contribution >= 0.6 is 0 Å². The van der Waals surface area contributed by atoms with Crippen molar-refractivity contribution in [1.82, 2.24) is 5.32 Å². The van der Waals surface area contributed by atoms with Gasteiger partial charge in [0.25, 0.3) is 0 Å². The predicted molar refractivity (Wildman–Crippen MR) is 67.1 cm³/mol. The molecule has 1 aromatic rings. The van der Waals surface area contributed by atoms with Gasteiger partial charge in [-0.25, -0.2) is 4.39 Å². The molecule has 1 aromatic carbocycles. The zero-order valence-corrected chi connectivity index (χ0v) is 10.1. The minimum atomic E-state index is -0.219. The van der Waals surface area contributed by atoms with Crippen molar-refractivity contribution in [2.75, 3.05) is 25.5 Å². The summed E-state index contributed by atoms with van der Waals surface area (Å²) in [7, 11) is 1.59. The van der Waals surface area contributed by atoms with Crippen LogP contribution in [0.1, 0.15) is 19.3 Å². The molecule has 4 heteroatoms. The molecule has 0 saturated carbocycles. The van der Waals surface area contributed by atoms with Gasteiger partial charge in [0.1, 0.15) is 11.6 Å². The van der Waals surface area contributed by atoms with Gasteiger partial charge >= 0.3 is 0 Å². The fourth-order valence-electron chi connectivity index (χ4n) is 2.13. The Kier molecular flexibility index (Phi) is 4.20. The summed E-state index contributed by atoms with van der Waals surface area (Å²) in [5.41, 5.74) is 0.538. The van der Waals surface area contributed by atoms with Crippen LogP contribution in [0.15, 0.2) is 18.2 Å². The summed E-state index contributed by atoms with van der Waals surface area (Å²) in [6, 6.07) is 5.13. The molecule has 1 aliphatic heterocycles. The zero-order valence-electron chi connectivity index (χ0n) is 10.1. The van der Waals surface area contributed by atoms with Crippen LogP contribution in [-0.4, -0.2) is 26.2 Å². The van der Waals surface area contributed by atoms with Crippen molar-refractivity contribution in [3.63, 3.8) is 0 Å². The number of ether oxygens (including phenoxy) is 1. The molecule has 1 aliphatic rings. The van der Waals surface area contributed by atoms with Crippen molar-refractivity contribution >= 4 is 5.69 Å². The summed E-state index contributed by atoms with van der Waals surface area (Å²) in [6.45, 7) is 2.04. The minimum Gasteiger partial charge on any atom is -0.497 e. The van der Waals surface area contributed by atoms with E-state index < -0.39 is 0 Å². The first kappa shape index (κ1) is 12.2. The zero-order chi connectivity index (χ0) is 12.1. The van der Waals surface area contributed by atoms with Gasteiger partial charge in [0.05, 0.1) is 12.8 Å². The van der Waals surface area contributed by atoms with Crippen molar-refractivity contribution in [2.45, 2.75) is 25.3 Å². The molecule has 1 saturated heterocycles. The highest BCUT2D eigenvalue weighted by Crippen LogP contribution is 2.23. The van der Waals surface area contributed by atoms with E-state index in [1.807, 2.05) is 0 Å². The summed E-state index contributed by atoms with van der Waals surface area (Å²) >= 11 is 0. The van der Waals surface area contributed by atoms with Gasteiger partial charge in [0.2, 0.25) is 0 Å². The fraction of sp³-hybridized carbons (Fsp3) is 0.538. The molecule has 0 bridgehead atoms. The first-order valence-electron chi connectivity index (χ1n) is 6.10. The number of rotatable bonds is 3. The molecule has 0 aliphatic carbocycles. The lowest BCUT2D eigenvalue weighted by atomic mass is 10.1. The Labute approximate surface area is 101 Å². The molecule has 0 aromatic heterocycles. The Morgan fingerprint density at radius 3 is 3.06 bits per heavy atom. The van der Waals surface area contributed by atoms with Gasteiger partial charge < -0.3 is 15.4 Å². The maximum Gasteiger partial charge on any atom is 0.146 e. The maximum atomic E-state index is 13.6. The average molecular weight is 238 g/mol. The Morgan fingerprint density at radius 1 is 1.35 bits per heavy atom. The lowest BCUT2D eigenvalue weighted by Gasteiger charge is -2.18. The van der Waals surface area contributed by atoms with Crippen LogP contribution in [0.4, 0.5) is 10.1 Å². The predicted octanol–water partition coefficient (Wildman–Crippen LogP) is 2.39. The van der Waals surface area contributed by atoms with Crippen molar-refractivity contribution < 1.29 is 9.13 Å². The lowest BCUT2D eigenvalue weighted by Crippen LogP contribution is -2.22. The van der Waals surface area contributed by atoms with Crippen LogP contribution in [0.2, 0.25) is 0 Å². The molecule has 1 heterocycles. The second kappa shape index (κ2) is 5.87. The van der Waals surface area contributed by atoms with Crippen molar-refractivity contribution in [2.24, 2.45) is 0 Å². The van der Waals surface area contributed by atoms with E-state index in [0.717, 1.165) is 32.4 Å². The molecule has 3 nitrogen and oxygen atoms in total. The quantitative estimate of drug-likeness (QED) is 0.848. The summed E-state index contributed by atoms with van der Waals surface area (Å²) in [4.78, 5) is 0. The molecule has 0 spiro atoms. The van der Waals surface area contributed by atoms with E-state index in [-0.39, 0.29) is 5.82 Å². The second-order valence-corrected chi connectivity index (χ2v) is 4.37. The molecule has 1 fully saturated rings. The standard InChI is InChI=1S/C13H19FN2O/c1-17-11-4-5-12(14)13(9-11)16-10-3-2-7-15-8-6-10/h4-5,9-10,15-16H,2-3,6-8H2,1H3. The molecule has 1 unspecified atom stereocenters. The molecule has 2 rings (SSSR count). The molecule has 94 valence electrons. The molecular formula is C13H19FN2O. The lowest BCUT2D eigenvalue weighted by molar-refractivity contribution is 0.414. The highest BCUT2D eigenvalue weighted by atomic mass is 19.1. The normalized spacial score (nSPS) is 20.7. The number of hydrogen-bond acceptors (Lipinski definition) is 3. The van der Waals surface area contributed by atoms with Gasteiger partial charge in [0, 0.05) is 12.1 Å². The van der Waals surface area contributed by atoms with E-state index in [1.54, 1.807) is 19.2 Å². The number of methoxy groups -OCH3 is 1. The van der Waals surface area contributed by atoms with E-state index in [9.17, 15) is 4.39 Å². The molecule has 0 radical (unpaired) electrons. The third-order valence-electron chi connectivity index (χ3n) is 3.11. The van der Waals surface area contributed by atoms with E-state index in [0.29, 0.717) is 17.5 Å². The number of hydrogen-bond donors (Lipinski definition) is 2. The molecule has 17 heavy (non-hydrogen) atoms. The van der Waals surface area contributed by atoms with Crippen LogP contribution in [0.3, 0.4) is 0 Å². The summed E-state index contributed by atoms with van der Waals surface area (Å²) in [5, 5.41) is 6.61. The Hall–Kier alpha value is -1.29. The number of halogens is 1. The third-order valence-corrected chi connectivity index (χ3v) is 3.11. The number of nitrogens with one attached hydrogen (secondary N) is 2. The Bertz CT molecular complexity index is 362. The fourth-order valence-corrected chi connectivity index (χ4v) is 2.13. The van der Waals surface area contributed by atoms with E-state index in [2.05, 4.69) is 10.6 Å². The third kappa shape index (κ3) is 3.33. The van der Waals surface area contributed by atoms with Crippen molar-refractivity contribution in [3.8, 4) is 5.75 Å². The highest BCUT2D eigenvalue weighted by molar-refractivity contribution is 5.50. The van der Waals surface area contributed by atoms with Gasteiger partial charge in [-0.1, -0.05) is 0 Å². The highest BCUT2D eigenvalue weighted by Gasteiger charge is 2.13. The first-order chi connectivity index (χ1) is 8.29. The Morgan fingerprint density at radius 2 is 2.24 bits per heavy atom. The van der Waals surface area contributed by atoms with Crippen LogP contribution in [0.25, 0.3) is 0 Å². The topological polar surface area (TPSA) is 33.3 Å². The van der Waals surface area contributed by atoms with Crippen LogP contribution in [0.5, 0.6) is 5.75 Å². The van der Waals surface area contributed by atoms with Crippen molar-refractivity contribution in [1.29, 1.82) is 0 Å². The molecule has 2 N–H and O–H groups in total. The average Bonchev–Trinajstić information content (AvgIpc) is 2.60. The first-order valence-corrected chi connectivity index (χ1v) is 6.10. The summed E-state index contributed by atoms with van der Waals surface area (Å²) in [5.74, 6) is 0.462. The van der Waals surface area contributed by atoms with Crippen LogP contribution < -0.4 is 15.4 Å². The summed E-state index contributed by atoms with van der Waals surface area (Å²) in [6.07, 6.45) is 3.23. The molecule has 1 atom stereocenters. The van der Waals surface area contributed by atoms with Gasteiger partial charge in [-0.05, 0) is 44.5 Å². The van der Waals surface area contributed by atoms with Gasteiger partial charge in [-0.3, -0.25) is 0 Å². The smallest absolute Gasteiger partial charge is 0.146 e. The summed E-state index contributed by atoms with van der Waals surface area (Å²) < 4.78 is 18.7. The van der Waals surface area contributed by atoms with Gasteiger partial charge in [-0.2, -0.15) is 0 Å². The largest absolute Gasteiger partial charge is 0.497 e. The van der Waals surface area contributed by atoms with Crippen LogP contribution in [-0.2, 0) is 0 Å². The van der Waals surface area contributed by atoms with E-state index >= 15 is 0 Å². The monoisotopic (exact) mass is 238 g/mol. The molecular weight excluding hydrogens is 219 g/mol. The van der Waals surface area contributed by atoms with Gasteiger partial charge in [-0.15, -0.1) is 0 Å². The maximum absolute atomic E-state index is 13.6. The number of benzene rings is 1. The van der Waals surface area contributed by atoms with Crippen LogP contribution in [0, 0.1) is 5.82 Å². The van der Waals surface area contributed by atoms with E-state index in [1.165, 1.54) is 6.07 Å². The second-order valence-electron chi connectivity index (χ2n) is 4.37. The van der Waals surface area contributed by atoms with E-state index in [4.69, 9.17) is 4.74 Å².